The summed E-state index contributed by atoms with van der Waals surface area (Å²) in [7, 11) is 0. The average molecular weight is 431 g/mol. The number of rotatable bonds is 5. The first-order chi connectivity index (χ1) is 11.9. The smallest absolute Gasteiger partial charge is 0.406 e. The van der Waals surface area contributed by atoms with Crippen molar-refractivity contribution in [2.45, 2.75) is 17.0 Å². The van der Waals surface area contributed by atoms with E-state index in [-0.39, 0.29) is 5.75 Å². The zero-order chi connectivity index (χ0) is 17.9. The molecule has 0 fully saturated rings. The molecule has 1 heterocycles. The highest BCUT2D eigenvalue weighted by Crippen LogP contribution is 2.27. The van der Waals surface area contributed by atoms with Crippen LogP contribution < -0.4 is 4.74 Å². The predicted molar refractivity (Wildman–Crippen MR) is 90.1 cm³/mol. The monoisotopic (exact) mass is 430 g/mol. The summed E-state index contributed by atoms with van der Waals surface area (Å²) < 4.78 is 46.4. The lowest BCUT2D eigenvalue weighted by atomic mass is 10.2. The summed E-state index contributed by atoms with van der Waals surface area (Å²) in [5, 5.41) is 3.85. The van der Waals surface area contributed by atoms with Gasteiger partial charge in [0.2, 0.25) is 11.7 Å². The first-order valence-electron chi connectivity index (χ1n) is 6.96. The maximum absolute atomic E-state index is 12.1. The molecule has 25 heavy (non-hydrogen) atoms. The summed E-state index contributed by atoms with van der Waals surface area (Å²) in [5.41, 5.74) is 0.540. The first kappa shape index (κ1) is 17.8. The molecular weight excluding hydrogens is 421 g/mol. The maximum Gasteiger partial charge on any atom is 0.573 e. The van der Waals surface area contributed by atoms with E-state index in [4.69, 9.17) is 4.52 Å². The van der Waals surface area contributed by atoms with Crippen LogP contribution in [-0.2, 0) is 5.75 Å². The molecule has 2 aromatic carbocycles. The molecule has 130 valence electrons. The lowest BCUT2D eigenvalue weighted by Crippen LogP contribution is -2.16. The van der Waals surface area contributed by atoms with Gasteiger partial charge in [-0.15, -0.1) is 24.9 Å². The Hall–Kier alpha value is -2.00. The molecule has 0 radical (unpaired) electrons. The second kappa shape index (κ2) is 7.49. The van der Waals surface area contributed by atoms with Gasteiger partial charge in [0.05, 0.1) is 5.75 Å². The molecule has 0 aliphatic heterocycles. The zero-order valence-corrected chi connectivity index (χ0v) is 14.9. The van der Waals surface area contributed by atoms with Gasteiger partial charge in [-0.25, -0.2) is 0 Å². The fraction of sp³-hybridized carbons (Fsp3) is 0.125. The Labute approximate surface area is 153 Å². The third-order valence-corrected chi connectivity index (χ3v) is 4.52. The van der Waals surface area contributed by atoms with Crippen LogP contribution in [-0.4, -0.2) is 16.5 Å². The van der Waals surface area contributed by atoms with E-state index in [1.807, 2.05) is 24.3 Å². The molecule has 4 nitrogen and oxygen atoms in total. The van der Waals surface area contributed by atoms with E-state index in [9.17, 15) is 13.2 Å². The Morgan fingerprint density at radius 2 is 1.72 bits per heavy atom. The van der Waals surface area contributed by atoms with Crippen LogP contribution in [0.5, 0.6) is 5.75 Å². The van der Waals surface area contributed by atoms with Crippen LogP contribution in [0, 0.1) is 0 Å². The summed E-state index contributed by atoms with van der Waals surface area (Å²) in [4.78, 5) is 5.30. The molecule has 0 aliphatic rings. The van der Waals surface area contributed by atoms with Gasteiger partial charge in [-0.3, -0.25) is 0 Å². The third-order valence-electron chi connectivity index (χ3n) is 2.99. The van der Waals surface area contributed by atoms with Crippen LogP contribution in [0.2, 0.25) is 0 Å². The van der Waals surface area contributed by atoms with Gasteiger partial charge in [0.15, 0.2) is 0 Å². The van der Waals surface area contributed by atoms with Crippen LogP contribution in [0.25, 0.3) is 11.4 Å². The Morgan fingerprint density at radius 3 is 2.36 bits per heavy atom. The van der Waals surface area contributed by atoms with E-state index < -0.39 is 6.36 Å². The van der Waals surface area contributed by atoms with Crippen molar-refractivity contribution in [1.82, 2.24) is 10.1 Å². The number of benzene rings is 2. The van der Waals surface area contributed by atoms with Crippen molar-refractivity contribution in [3.05, 3.63) is 58.9 Å². The molecule has 1 aromatic heterocycles. The molecule has 0 saturated heterocycles. The van der Waals surface area contributed by atoms with Crippen molar-refractivity contribution in [3.8, 4) is 17.1 Å². The van der Waals surface area contributed by atoms with Crippen molar-refractivity contribution >= 4 is 27.7 Å². The predicted octanol–water partition coefficient (Wildman–Crippen LogP) is 5.69. The molecule has 3 rings (SSSR count). The Kier molecular flexibility index (Phi) is 5.33. The highest BCUT2D eigenvalue weighted by atomic mass is 79.9. The van der Waals surface area contributed by atoms with Crippen molar-refractivity contribution in [1.29, 1.82) is 0 Å². The number of nitrogens with zero attached hydrogens (tertiary/aromatic N) is 2. The summed E-state index contributed by atoms with van der Waals surface area (Å²) in [5.74, 6) is 0.929. The number of alkyl halides is 3. The van der Waals surface area contributed by atoms with E-state index in [1.54, 1.807) is 0 Å². The van der Waals surface area contributed by atoms with Crippen molar-refractivity contribution in [2.24, 2.45) is 0 Å². The maximum atomic E-state index is 12.1. The minimum atomic E-state index is -4.72. The lowest BCUT2D eigenvalue weighted by Gasteiger charge is -2.08. The van der Waals surface area contributed by atoms with Crippen molar-refractivity contribution in [3.63, 3.8) is 0 Å². The number of aromatic nitrogens is 2. The standard InChI is InChI=1S/C16H10BrF3N2O2S/c17-11-3-7-13(8-4-11)25-9-14-21-15(22-24-14)10-1-5-12(6-2-10)23-16(18,19)20/h1-8H,9H2. The zero-order valence-electron chi connectivity index (χ0n) is 12.5. The van der Waals surface area contributed by atoms with Crippen LogP contribution in [0.1, 0.15) is 5.89 Å². The van der Waals surface area contributed by atoms with Crippen LogP contribution in [0.4, 0.5) is 13.2 Å². The molecule has 0 unspecified atom stereocenters. The van der Waals surface area contributed by atoms with Crippen molar-refractivity contribution in [2.75, 3.05) is 0 Å². The summed E-state index contributed by atoms with van der Waals surface area (Å²) in [6.07, 6.45) is -4.72. The molecule has 0 amide bonds. The third kappa shape index (κ3) is 5.23. The van der Waals surface area contributed by atoms with Crippen LogP contribution in [0.3, 0.4) is 0 Å². The molecule has 0 spiro atoms. The fourth-order valence-electron chi connectivity index (χ4n) is 1.91. The van der Waals surface area contributed by atoms with Crippen LogP contribution in [0.15, 0.2) is 62.4 Å². The van der Waals surface area contributed by atoms with Gasteiger partial charge < -0.3 is 9.26 Å². The molecule has 3 aromatic rings. The lowest BCUT2D eigenvalue weighted by molar-refractivity contribution is -0.274. The van der Waals surface area contributed by atoms with Gasteiger partial charge in [-0.05, 0) is 48.5 Å². The minimum absolute atomic E-state index is 0.300. The SMILES string of the molecule is FC(F)(F)Oc1ccc(-c2noc(CSc3ccc(Br)cc3)n2)cc1. The Balaban J connectivity index is 1.63. The molecule has 0 aliphatic carbocycles. The van der Waals surface area contributed by atoms with E-state index in [0.29, 0.717) is 23.0 Å². The Bertz CT molecular complexity index is 836. The van der Waals surface area contributed by atoms with Crippen LogP contribution >= 0.6 is 27.7 Å². The van der Waals surface area contributed by atoms with E-state index >= 15 is 0 Å². The van der Waals surface area contributed by atoms with Gasteiger partial charge in [-0.2, -0.15) is 4.98 Å². The van der Waals surface area contributed by atoms with Gasteiger partial charge >= 0.3 is 6.36 Å². The summed E-state index contributed by atoms with van der Waals surface area (Å²) >= 11 is 4.91. The number of ether oxygens (including phenoxy) is 1. The van der Waals surface area contributed by atoms with Crippen molar-refractivity contribution < 1.29 is 22.4 Å². The fourth-order valence-corrected chi connectivity index (χ4v) is 2.91. The van der Waals surface area contributed by atoms with E-state index in [2.05, 4.69) is 30.8 Å². The molecule has 0 saturated carbocycles. The van der Waals surface area contributed by atoms with Gasteiger partial charge in [0.25, 0.3) is 0 Å². The minimum Gasteiger partial charge on any atom is -0.406 e. The van der Waals surface area contributed by atoms with E-state index in [1.165, 1.54) is 36.0 Å². The average Bonchev–Trinajstić information content (AvgIpc) is 3.02. The van der Waals surface area contributed by atoms with Gasteiger partial charge in [0.1, 0.15) is 5.75 Å². The molecule has 9 heteroatoms. The Morgan fingerprint density at radius 1 is 1.04 bits per heavy atom. The summed E-state index contributed by atoms with van der Waals surface area (Å²) in [6, 6.07) is 13.1. The first-order valence-corrected chi connectivity index (χ1v) is 8.74. The molecule has 0 atom stereocenters. The quantitative estimate of drug-likeness (QED) is 0.486. The normalized spacial score (nSPS) is 11.5. The second-order valence-corrected chi connectivity index (χ2v) is 6.79. The largest absolute Gasteiger partial charge is 0.573 e. The number of thioether (sulfide) groups is 1. The number of halogens is 4. The highest BCUT2D eigenvalue weighted by Gasteiger charge is 2.31. The van der Waals surface area contributed by atoms with Gasteiger partial charge in [0, 0.05) is 14.9 Å². The molecule has 0 N–H and O–H groups in total. The molecule has 0 bridgehead atoms. The number of hydrogen-bond acceptors (Lipinski definition) is 5. The highest BCUT2D eigenvalue weighted by molar-refractivity contribution is 9.10. The number of hydrogen-bond donors (Lipinski definition) is 0. The summed E-state index contributed by atoms with van der Waals surface area (Å²) in [6.45, 7) is 0. The molecular formula is C16H10BrF3N2O2S. The van der Waals surface area contributed by atoms with Gasteiger partial charge in [-0.1, -0.05) is 21.1 Å². The topological polar surface area (TPSA) is 48.2 Å². The van der Waals surface area contributed by atoms with E-state index in [0.717, 1.165) is 9.37 Å². The second-order valence-electron chi connectivity index (χ2n) is 4.83.